The van der Waals surface area contributed by atoms with Crippen LogP contribution in [0.3, 0.4) is 0 Å². The predicted molar refractivity (Wildman–Crippen MR) is 211 cm³/mol. The average molecular weight is 858 g/mol. The van der Waals surface area contributed by atoms with Gasteiger partial charge in [0.1, 0.15) is 0 Å². The Morgan fingerprint density at radius 1 is 0.446 bits per heavy atom. The fourth-order valence-electron chi connectivity index (χ4n) is 8.64. The topological polar surface area (TPSA) is 0 Å². The van der Waals surface area contributed by atoms with Crippen LogP contribution in [0.15, 0.2) is 166 Å². The summed E-state index contributed by atoms with van der Waals surface area (Å²) in [6, 6.07) is 46.3. The van der Waals surface area contributed by atoms with E-state index in [1.807, 2.05) is 91.0 Å². The fourth-order valence-corrected chi connectivity index (χ4v) is 16.4. The van der Waals surface area contributed by atoms with Gasteiger partial charge in [0, 0.05) is 0 Å². The van der Waals surface area contributed by atoms with Gasteiger partial charge >= 0.3 is 326 Å². The van der Waals surface area contributed by atoms with Crippen LogP contribution in [0.4, 0.5) is 13.2 Å². The molecule has 6 aromatic carbocycles. The zero-order chi connectivity index (χ0) is 37.3. The molecule has 0 aromatic heterocycles. The van der Waals surface area contributed by atoms with Gasteiger partial charge in [-0.15, -0.1) is 0 Å². The minimum atomic E-state index is -3.70. The molecule has 0 nitrogen and oxygen atoms in total. The maximum atomic E-state index is 16.4. The molecule has 1 atom stereocenters. The van der Waals surface area contributed by atoms with Crippen molar-refractivity contribution < 1.29 is 70.8 Å². The van der Waals surface area contributed by atoms with Crippen LogP contribution in [0.2, 0.25) is 5.04 Å². The first-order valence-electron chi connectivity index (χ1n) is 18.1. The molecule has 0 amide bonds. The first kappa shape index (κ1) is 45.1. The van der Waals surface area contributed by atoms with Crippen LogP contribution in [-0.4, -0.2) is 8.07 Å². The molecule has 0 fully saturated rings. The van der Waals surface area contributed by atoms with Crippen molar-refractivity contribution in [2.75, 3.05) is 0 Å². The van der Waals surface area contributed by atoms with Crippen molar-refractivity contribution in [1.29, 1.82) is 0 Å². The monoisotopic (exact) mass is 856 g/mol. The first-order chi connectivity index (χ1) is 25.5. The standard InChI is InChI=1S/C48H42F3Si.3ClH.Ti/c1-33-32-48(4,35(3)34(33)2)52(45-26-39(23-42(49)29-45)20-36-14-8-5-9-15-36,46-27-40(24-43(50)30-46)21-37-16-10-6-11-17-37)47-28-41(25-44(51)31-47)22-38-18-12-7-13-19-38;;;;/h5-19,23-31H,20-22H2,1-4H3;3*1H;/q;;;;+3/p-3. The Hall–Kier alpha value is -3.61. The largest absolute Gasteiger partial charge is 1.00 e. The van der Waals surface area contributed by atoms with Gasteiger partial charge < -0.3 is 37.2 Å². The molecule has 0 spiro atoms. The summed E-state index contributed by atoms with van der Waals surface area (Å²) in [4.78, 5) is 0. The Morgan fingerprint density at radius 2 is 0.750 bits per heavy atom. The molecule has 0 N–H and O–H groups in total. The fraction of sp³-hybridized carbons (Fsp3) is 0.167. The Balaban J connectivity index is 0.00000232. The molecule has 6 aromatic rings. The second-order valence-corrected chi connectivity index (χ2v) is 19.7. The summed E-state index contributed by atoms with van der Waals surface area (Å²) in [5.74, 6) is -1.07. The van der Waals surface area contributed by atoms with Crippen LogP contribution >= 0.6 is 0 Å². The van der Waals surface area contributed by atoms with Gasteiger partial charge in [0.05, 0.1) is 0 Å². The third-order valence-corrected chi connectivity index (χ3v) is 18.8. The van der Waals surface area contributed by atoms with Crippen molar-refractivity contribution in [2.45, 2.75) is 52.0 Å². The van der Waals surface area contributed by atoms with Crippen molar-refractivity contribution in [3.8, 4) is 0 Å². The van der Waals surface area contributed by atoms with Gasteiger partial charge in [0.25, 0.3) is 0 Å². The van der Waals surface area contributed by atoms with Crippen LogP contribution in [0.5, 0.6) is 0 Å². The molecule has 0 bridgehead atoms. The normalized spacial score (nSPS) is 15.2. The number of benzene rings is 6. The summed E-state index contributed by atoms with van der Waals surface area (Å²) in [7, 11) is -3.70. The van der Waals surface area contributed by atoms with E-state index in [9.17, 15) is 0 Å². The van der Waals surface area contributed by atoms with E-state index < -0.39 is 13.1 Å². The van der Waals surface area contributed by atoms with Gasteiger partial charge in [-0.1, -0.05) is 0 Å². The predicted octanol–water partition coefficient (Wildman–Crippen LogP) is 1.29. The maximum Gasteiger partial charge on any atom is -1.00 e. The second kappa shape index (κ2) is 18.8. The Kier molecular flexibility index (Phi) is 15.1. The van der Waals surface area contributed by atoms with E-state index in [1.54, 1.807) is 36.4 Å². The third-order valence-electron chi connectivity index (χ3n) is 11.4. The van der Waals surface area contributed by atoms with Crippen LogP contribution in [-0.2, 0) is 39.7 Å². The van der Waals surface area contributed by atoms with E-state index >= 15 is 13.2 Å². The molecule has 0 heterocycles. The SMILES string of the molecule is CC1=C(C)C(C)([Si](c2cc(F)cc(Cc3ccccc3)c2)(c2cc(F)cc(Cc3ccccc3)c2)c2cc(F)cc(Cc3ccccc3)c2)[C]([Ti+3])=C1C.[Cl-].[Cl-].[Cl-]. The van der Waals surface area contributed by atoms with E-state index in [-0.39, 0.29) is 54.7 Å². The smallest absolute Gasteiger partial charge is 1.00 e. The van der Waals surface area contributed by atoms with Crippen LogP contribution in [0.1, 0.15) is 61.1 Å². The van der Waals surface area contributed by atoms with Crippen LogP contribution in [0, 0.1) is 17.5 Å². The van der Waals surface area contributed by atoms with Gasteiger partial charge in [-0.2, -0.15) is 0 Å². The van der Waals surface area contributed by atoms with E-state index in [1.165, 1.54) is 11.1 Å². The molecule has 1 unspecified atom stereocenters. The van der Waals surface area contributed by atoms with Gasteiger partial charge in [0.15, 0.2) is 0 Å². The minimum absolute atomic E-state index is 0. The van der Waals surface area contributed by atoms with Gasteiger partial charge in [-0.3, -0.25) is 0 Å². The number of hydrogen-bond donors (Lipinski definition) is 0. The number of allylic oxidation sites excluding steroid dienone is 4. The maximum absolute atomic E-state index is 16.4. The molecule has 1 aliphatic carbocycles. The molecule has 1 aliphatic rings. The number of hydrogen-bond acceptors (Lipinski definition) is 0. The molecule has 0 radical (unpaired) electrons. The summed E-state index contributed by atoms with van der Waals surface area (Å²) in [6.45, 7) is 8.69. The number of halogens is 6. The summed E-state index contributed by atoms with van der Waals surface area (Å²) in [5.41, 5.74) is 9.15. The molecule has 0 aliphatic heterocycles. The van der Waals surface area contributed by atoms with E-state index in [2.05, 4.69) is 66.3 Å². The van der Waals surface area contributed by atoms with Crippen molar-refractivity contribution >= 4 is 23.6 Å². The van der Waals surface area contributed by atoms with E-state index in [0.29, 0.717) is 19.3 Å². The summed E-state index contributed by atoms with van der Waals surface area (Å²) in [6.07, 6.45) is 1.58. The molecule has 0 saturated carbocycles. The molecule has 56 heavy (non-hydrogen) atoms. The summed E-state index contributed by atoms with van der Waals surface area (Å²) < 4.78 is 50.3. The summed E-state index contributed by atoms with van der Waals surface area (Å²) in [5, 5.41) is 1.67. The second-order valence-electron chi connectivity index (χ2n) is 14.7. The molecule has 7 rings (SSSR count). The van der Waals surface area contributed by atoms with Crippen molar-refractivity contribution in [1.82, 2.24) is 0 Å². The molecular formula is C48H42Cl3F3SiTi. The van der Waals surface area contributed by atoms with E-state index in [4.69, 9.17) is 0 Å². The zero-order valence-electron chi connectivity index (χ0n) is 31.7. The van der Waals surface area contributed by atoms with Crippen molar-refractivity contribution in [3.63, 3.8) is 0 Å². The van der Waals surface area contributed by atoms with Crippen LogP contribution < -0.4 is 52.8 Å². The van der Waals surface area contributed by atoms with Crippen molar-refractivity contribution in [3.05, 3.63) is 217 Å². The molecule has 0 saturated heterocycles. The molecule has 284 valence electrons. The van der Waals surface area contributed by atoms with Gasteiger partial charge in [0.2, 0.25) is 0 Å². The van der Waals surface area contributed by atoms with E-state index in [0.717, 1.165) is 58.4 Å². The molecular weight excluding hydrogens is 816 g/mol. The average Bonchev–Trinajstić information content (AvgIpc) is 3.28. The molecule has 8 heteroatoms. The Morgan fingerprint density at radius 3 is 1.02 bits per heavy atom. The number of rotatable bonds is 10. The van der Waals surface area contributed by atoms with Crippen LogP contribution in [0.25, 0.3) is 0 Å². The Labute approximate surface area is 361 Å². The quantitative estimate of drug-likeness (QED) is 0.144. The van der Waals surface area contributed by atoms with Crippen molar-refractivity contribution in [2.24, 2.45) is 0 Å². The summed E-state index contributed by atoms with van der Waals surface area (Å²) >= 11 is 2.16. The Bertz CT molecular complexity index is 2120. The first-order valence-corrected chi connectivity index (χ1v) is 20.9. The minimum Gasteiger partial charge on any atom is -1.00 e. The van der Waals surface area contributed by atoms with Gasteiger partial charge in [-0.25, -0.2) is 0 Å². The zero-order valence-corrected chi connectivity index (χ0v) is 36.6. The third kappa shape index (κ3) is 8.62. The van der Waals surface area contributed by atoms with Gasteiger partial charge in [-0.05, 0) is 0 Å².